The molecule has 1 aliphatic heterocycles. The van der Waals surface area contributed by atoms with Gasteiger partial charge in [-0.3, -0.25) is 14.4 Å². The number of aliphatic carboxylic acids is 1. The van der Waals surface area contributed by atoms with Crippen molar-refractivity contribution in [2.75, 3.05) is 13.2 Å². The van der Waals surface area contributed by atoms with Gasteiger partial charge in [-0.1, -0.05) is 189 Å². The van der Waals surface area contributed by atoms with Crippen LogP contribution in [0.2, 0.25) is 0 Å². The molecule has 6 atom stereocenters. The van der Waals surface area contributed by atoms with Gasteiger partial charge in [0.15, 0.2) is 24.6 Å². The van der Waals surface area contributed by atoms with Gasteiger partial charge in [0.25, 0.3) is 0 Å². The first kappa shape index (κ1) is 66.9. The normalized spacial score (nSPS) is 18.9. The number of rotatable bonds is 47. The summed E-state index contributed by atoms with van der Waals surface area (Å²) in [5, 5.41) is 31.4. The fourth-order valence-electron chi connectivity index (χ4n) is 8.05. The van der Waals surface area contributed by atoms with Crippen molar-refractivity contribution < 1.29 is 58.2 Å². The molecule has 1 saturated heterocycles. The monoisotopic (exact) mass is 1020 g/mol. The average molecular weight is 1030 g/mol. The summed E-state index contributed by atoms with van der Waals surface area (Å²) in [5.41, 5.74) is 0. The third-order valence-corrected chi connectivity index (χ3v) is 12.4. The van der Waals surface area contributed by atoms with E-state index in [1.807, 2.05) is 12.2 Å². The van der Waals surface area contributed by atoms with Crippen LogP contribution in [-0.2, 0) is 42.9 Å². The van der Waals surface area contributed by atoms with Gasteiger partial charge in [0.1, 0.15) is 18.8 Å². The van der Waals surface area contributed by atoms with Crippen molar-refractivity contribution in [3.05, 3.63) is 85.1 Å². The number of esters is 3. The van der Waals surface area contributed by atoms with Crippen molar-refractivity contribution in [3.8, 4) is 0 Å². The Morgan fingerprint density at radius 2 is 0.890 bits per heavy atom. The number of aliphatic hydroxyl groups is 2. The van der Waals surface area contributed by atoms with Gasteiger partial charge in [0.2, 0.25) is 0 Å². The lowest BCUT2D eigenvalue weighted by molar-refractivity contribution is -0.301. The fraction of sp³-hybridized carbons (Fsp3) is 0.705. The minimum atomic E-state index is -1.92. The van der Waals surface area contributed by atoms with E-state index < -0.39 is 67.3 Å². The number of carbonyl (C=O) groups excluding carboxylic acids is 3. The Kier molecular flexibility index (Phi) is 44.7. The average Bonchev–Trinajstić information content (AvgIpc) is 3.37. The van der Waals surface area contributed by atoms with Gasteiger partial charge < -0.3 is 39.0 Å². The number of carbonyl (C=O) groups is 4. The van der Waals surface area contributed by atoms with Crippen molar-refractivity contribution in [3.63, 3.8) is 0 Å². The summed E-state index contributed by atoms with van der Waals surface area (Å²) in [7, 11) is 0. The molecule has 0 radical (unpaired) electrons. The number of ether oxygens (including phenoxy) is 5. The maximum absolute atomic E-state index is 13.1. The van der Waals surface area contributed by atoms with Crippen LogP contribution < -0.4 is 0 Å². The molecule has 0 spiro atoms. The molecule has 1 aliphatic rings. The van der Waals surface area contributed by atoms with Crippen LogP contribution in [0.25, 0.3) is 0 Å². The Morgan fingerprint density at radius 1 is 0.466 bits per heavy atom. The highest BCUT2D eigenvalue weighted by Crippen LogP contribution is 2.26. The molecule has 1 rings (SSSR count). The summed E-state index contributed by atoms with van der Waals surface area (Å²) in [5.74, 6) is -3.26. The van der Waals surface area contributed by atoms with Crippen molar-refractivity contribution >= 4 is 23.9 Å². The lowest BCUT2D eigenvalue weighted by Crippen LogP contribution is -2.61. The van der Waals surface area contributed by atoms with Crippen LogP contribution in [0.4, 0.5) is 0 Å². The molecule has 3 N–H and O–H groups in total. The third-order valence-electron chi connectivity index (χ3n) is 12.4. The molecule has 12 heteroatoms. The fourth-order valence-corrected chi connectivity index (χ4v) is 8.05. The van der Waals surface area contributed by atoms with Crippen LogP contribution in [0.15, 0.2) is 85.1 Å². The van der Waals surface area contributed by atoms with Crippen molar-refractivity contribution in [1.29, 1.82) is 0 Å². The zero-order chi connectivity index (χ0) is 53.3. The number of unbranched alkanes of at least 4 members (excludes halogenated alkanes) is 19. The first-order valence-corrected chi connectivity index (χ1v) is 28.6. The smallest absolute Gasteiger partial charge is 0.335 e. The topological polar surface area (TPSA) is 175 Å². The molecule has 1 heterocycles. The van der Waals surface area contributed by atoms with E-state index in [0.717, 1.165) is 103 Å². The largest absolute Gasteiger partial charge is 0.479 e. The minimum absolute atomic E-state index is 0.0349. The van der Waals surface area contributed by atoms with Crippen LogP contribution in [-0.4, -0.2) is 89.2 Å². The number of hydrogen-bond acceptors (Lipinski definition) is 11. The quantitative estimate of drug-likeness (QED) is 0.0228. The molecular formula is C61H100O12. The number of aliphatic hydroxyl groups excluding tert-OH is 2. The molecule has 416 valence electrons. The van der Waals surface area contributed by atoms with E-state index in [2.05, 4.69) is 93.7 Å². The maximum atomic E-state index is 13.1. The van der Waals surface area contributed by atoms with Crippen molar-refractivity contribution in [1.82, 2.24) is 0 Å². The van der Waals surface area contributed by atoms with Gasteiger partial charge in [-0.15, -0.1) is 0 Å². The van der Waals surface area contributed by atoms with Crippen LogP contribution in [0.5, 0.6) is 0 Å². The number of carboxylic acid groups (broad SMARTS) is 1. The first-order valence-electron chi connectivity index (χ1n) is 28.6. The Morgan fingerprint density at radius 3 is 1.41 bits per heavy atom. The van der Waals surface area contributed by atoms with Gasteiger partial charge in [-0.05, 0) is 103 Å². The van der Waals surface area contributed by atoms with E-state index >= 15 is 0 Å². The van der Waals surface area contributed by atoms with Gasteiger partial charge in [-0.25, -0.2) is 4.79 Å². The molecular weight excluding hydrogens is 925 g/mol. The third kappa shape index (κ3) is 39.0. The summed E-state index contributed by atoms with van der Waals surface area (Å²) in [6, 6.07) is 0. The van der Waals surface area contributed by atoms with E-state index in [0.29, 0.717) is 25.7 Å². The predicted molar refractivity (Wildman–Crippen MR) is 294 cm³/mol. The van der Waals surface area contributed by atoms with E-state index in [1.54, 1.807) is 0 Å². The van der Waals surface area contributed by atoms with Crippen LogP contribution in [0.1, 0.15) is 226 Å². The van der Waals surface area contributed by atoms with E-state index in [4.69, 9.17) is 23.7 Å². The second kappa shape index (κ2) is 48.8. The molecule has 1 fully saturated rings. The molecule has 0 aliphatic carbocycles. The Bertz CT molecular complexity index is 1590. The zero-order valence-electron chi connectivity index (χ0n) is 45.6. The van der Waals surface area contributed by atoms with Gasteiger partial charge >= 0.3 is 23.9 Å². The zero-order valence-corrected chi connectivity index (χ0v) is 45.6. The van der Waals surface area contributed by atoms with E-state index in [1.165, 1.54) is 57.8 Å². The summed E-state index contributed by atoms with van der Waals surface area (Å²) in [6.07, 6.45) is 50.0. The number of hydrogen-bond donors (Lipinski definition) is 3. The van der Waals surface area contributed by atoms with Crippen LogP contribution in [0.3, 0.4) is 0 Å². The summed E-state index contributed by atoms with van der Waals surface area (Å²) in [4.78, 5) is 51.0. The number of carboxylic acids is 1. The molecule has 12 nitrogen and oxygen atoms in total. The van der Waals surface area contributed by atoms with E-state index in [-0.39, 0.29) is 25.9 Å². The SMILES string of the molecule is CC/C=C\C/C=C\C/C=C\C/C=C\CCC(=O)OC(COC(=O)CCCCCCC/C=C\C/C=C\CCCCC)COC1OC(C(=O)O)C(O)C(O)C1OC(=O)CCCCCCC/C=C\CCCCCCCC. The second-order valence-electron chi connectivity index (χ2n) is 19.2. The maximum Gasteiger partial charge on any atom is 0.335 e. The molecule has 73 heavy (non-hydrogen) atoms. The van der Waals surface area contributed by atoms with Crippen LogP contribution >= 0.6 is 0 Å². The highest BCUT2D eigenvalue weighted by atomic mass is 16.7. The molecule has 0 bridgehead atoms. The Hall–Kier alpha value is -4.10. The van der Waals surface area contributed by atoms with Gasteiger partial charge in [0.05, 0.1) is 6.61 Å². The molecule has 0 saturated carbocycles. The lowest BCUT2D eigenvalue weighted by Gasteiger charge is -2.40. The predicted octanol–water partition coefficient (Wildman–Crippen LogP) is 14.3. The van der Waals surface area contributed by atoms with E-state index in [9.17, 15) is 34.5 Å². The second-order valence-corrected chi connectivity index (χ2v) is 19.2. The van der Waals surface area contributed by atoms with Gasteiger partial charge in [-0.2, -0.15) is 0 Å². The Labute approximate surface area is 441 Å². The molecule has 0 aromatic heterocycles. The summed E-state index contributed by atoms with van der Waals surface area (Å²) < 4.78 is 28.3. The van der Waals surface area contributed by atoms with Crippen LogP contribution in [0, 0.1) is 0 Å². The van der Waals surface area contributed by atoms with Gasteiger partial charge in [0, 0.05) is 19.3 Å². The summed E-state index contributed by atoms with van der Waals surface area (Å²) >= 11 is 0. The van der Waals surface area contributed by atoms with Crippen molar-refractivity contribution in [2.24, 2.45) is 0 Å². The molecule has 0 amide bonds. The summed E-state index contributed by atoms with van der Waals surface area (Å²) in [6.45, 7) is 5.75. The first-order chi connectivity index (χ1) is 35.6. The number of allylic oxidation sites excluding steroid dienone is 14. The molecule has 0 aromatic carbocycles. The van der Waals surface area contributed by atoms with Crippen molar-refractivity contribution in [2.45, 2.75) is 263 Å². The standard InChI is InChI=1S/C61H100O12/c1-4-7-10-13-16-19-22-25-27-30-32-35-38-41-44-47-53(62)69-50-52(71-54(63)48-45-42-39-36-33-29-24-21-18-15-12-9-6-3)51-70-61-59(57(66)56(65)58(73-61)60(67)68)72-55(64)49-46-43-40-37-34-31-28-26-23-20-17-14-11-8-5-2/h9,12,16,18-19,21,25-29,33,39,42,52,56-59,61,65-66H,4-8,10-11,13-15,17,20,22-24,30-32,34-38,40-41,43-51H2,1-3H3,(H,67,68)/b12-9-,19-16-,21-18-,27-25-,28-26-,33-29-,42-39-. The Balaban J connectivity index is 2.76. The lowest BCUT2D eigenvalue weighted by atomic mass is 9.98. The minimum Gasteiger partial charge on any atom is -0.479 e. The highest BCUT2D eigenvalue weighted by Gasteiger charge is 2.50. The highest BCUT2D eigenvalue weighted by molar-refractivity contribution is 5.74. The molecule has 0 aromatic rings. The molecule has 6 unspecified atom stereocenters.